The molecule has 22 heavy (non-hydrogen) atoms. The van der Waals surface area contributed by atoms with E-state index >= 15 is 0 Å². The molecule has 1 aliphatic rings. The normalized spacial score (nSPS) is 16.0. The van der Waals surface area contributed by atoms with Crippen LogP contribution < -0.4 is 4.90 Å². The van der Waals surface area contributed by atoms with Crippen molar-refractivity contribution in [3.63, 3.8) is 0 Å². The molecule has 1 aromatic heterocycles. The Labute approximate surface area is 137 Å². The lowest BCUT2D eigenvalue weighted by Gasteiger charge is -2.35. The second kappa shape index (κ2) is 7.65. The summed E-state index contributed by atoms with van der Waals surface area (Å²) < 4.78 is 0. The molecule has 1 aromatic carbocycles. The lowest BCUT2D eigenvalue weighted by molar-refractivity contribution is 0.249. The van der Waals surface area contributed by atoms with E-state index in [4.69, 9.17) is 0 Å². The minimum Gasteiger partial charge on any atom is -0.354 e. The number of benzene rings is 1. The van der Waals surface area contributed by atoms with Gasteiger partial charge in [0, 0.05) is 43.8 Å². The number of rotatable bonds is 5. The van der Waals surface area contributed by atoms with Crippen molar-refractivity contribution >= 4 is 17.6 Å². The molecule has 4 heteroatoms. The molecule has 0 amide bonds. The zero-order valence-electron chi connectivity index (χ0n) is 13.1. The predicted molar refractivity (Wildman–Crippen MR) is 94.6 cm³/mol. The molecule has 1 fully saturated rings. The van der Waals surface area contributed by atoms with Crippen LogP contribution in [0.1, 0.15) is 12.5 Å². The summed E-state index contributed by atoms with van der Waals surface area (Å²) in [6.45, 7) is 7.55. The van der Waals surface area contributed by atoms with Crippen molar-refractivity contribution in [1.29, 1.82) is 0 Å². The molecule has 116 valence electrons. The molecule has 0 bridgehead atoms. The van der Waals surface area contributed by atoms with E-state index in [0.29, 0.717) is 0 Å². The number of aromatic nitrogens is 1. The fourth-order valence-corrected chi connectivity index (χ4v) is 3.45. The van der Waals surface area contributed by atoms with Gasteiger partial charge < -0.3 is 4.90 Å². The number of anilines is 1. The fourth-order valence-electron chi connectivity index (χ4n) is 2.79. The molecule has 0 spiro atoms. The summed E-state index contributed by atoms with van der Waals surface area (Å²) in [6.07, 6.45) is 1.87. The topological polar surface area (TPSA) is 19.4 Å². The van der Waals surface area contributed by atoms with Gasteiger partial charge >= 0.3 is 0 Å². The van der Waals surface area contributed by atoms with Crippen LogP contribution in [0.5, 0.6) is 0 Å². The van der Waals surface area contributed by atoms with Gasteiger partial charge in [0.15, 0.2) is 0 Å². The van der Waals surface area contributed by atoms with Crippen LogP contribution in [0.25, 0.3) is 0 Å². The first-order valence-corrected chi connectivity index (χ1v) is 8.94. The molecule has 1 saturated heterocycles. The second-order valence-corrected chi connectivity index (χ2v) is 6.87. The summed E-state index contributed by atoms with van der Waals surface area (Å²) in [6, 6.07) is 15.2. The zero-order valence-corrected chi connectivity index (χ0v) is 13.9. The third-order valence-corrected chi connectivity index (χ3v) is 4.88. The van der Waals surface area contributed by atoms with E-state index in [1.54, 1.807) is 0 Å². The van der Waals surface area contributed by atoms with Gasteiger partial charge in [0.25, 0.3) is 0 Å². The molecule has 1 aliphatic heterocycles. The number of pyridine rings is 1. The number of hydrogen-bond acceptors (Lipinski definition) is 4. The van der Waals surface area contributed by atoms with Crippen molar-refractivity contribution in [3.8, 4) is 0 Å². The summed E-state index contributed by atoms with van der Waals surface area (Å²) in [4.78, 5) is 10.7. The van der Waals surface area contributed by atoms with Gasteiger partial charge in [-0.2, -0.15) is 0 Å². The van der Waals surface area contributed by atoms with Crippen LogP contribution in [0.2, 0.25) is 0 Å². The zero-order chi connectivity index (χ0) is 15.2. The maximum atomic E-state index is 4.44. The van der Waals surface area contributed by atoms with Gasteiger partial charge in [-0.25, -0.2) is 4.98 Å². The van der Waals surface area contributed by atoms with Crippen LogP contribution in [0.15, 0.2) is 53.6 Å². The highest BCUT2D eigenvalue weighted by atomic mass is 32.2. The molecule has 3 nitrogen and oxygen atoms in total. The Morgan fingerprint density at radius 2 is 1.77 bits per heavy atom. The van der Waals surface area contributed by atoms with Crippen LogP contribution >= 0.6 is 11.8 Å². The molecule has 0 radical (unpaired) electrons. The Kier molecular flexibility index (Phi) is 5.35. The van der Waals surface area contributed by atoms with Crippen LogP contribution in [0, 0.1) is 0 Å². The van der Waals surface area contributed by atoms with Gasteiger partial charge in [0.1, 0.15) is 5.82 Å². The Morgan fingerprint density at radius 1 is 1.00 bits per heavy atom. The quantitative estimate of drug-likeness (QED) is 0.786. The Morgan fingerprint density at radius 3 is 2.41 bits per heavy atom. The first kappa shape index (κ1) is 15.4. The smallest absolute Gasteiger partial charge is 0.128 e. The predicted octanol–water partition coefficient (Wildman–Crippen LogP) is 3.52. The maximum absolute atomic E-state index is 4.44. The largest absolute Gasteiger partial charge is 0.354 e. The van der Waals surface area contributed by atoms with E-state index in [-0.39, 0.29) is 0 Å². The first-order chi connectivity index (χ1) is 10.8. The highest BCUT2D eigenvalue weighted by molar-refractivity contribution is 7.99. The van der Waals surface area contributed by atoms with Crippen molar-refractivity contribution in [2.45, 2.75) is 18.4 Å². The van der Waals surface area contributed by atoms with Gasteiger partial charge in [0.05, 0.1) is 0 Å². The average molecular weight is 313 g/mol. The second-order valence-electron chi connectivity index (χ2n) is 5.53. The van der Waals surface area contributed by atoms with Gasteiger partial charge in [0.2, 0.25) is 0 Å². The molecule has 0 atom stereocenters. The summed E-state index contributed by atoms with van der Waals surface area (Å²) >= 11 is 1.90. The maximum Gasteiger partial charge on any atom is 0.128 e. The third-order valence-electron chi connectivity index (χ3n) is 3.99. The minimum absolute atomic E-state index is 1.05. The fraction of sp³-hybridized carbons (Fsp3) is 0.389. The van der Waals surface area contributed by atoms with Crippen LogP contribution in [-0.4, -0.2) is 41.8 Å². The average Bonchev–Trinajstić information content (AvgIpc) is 2.58. The number of piperazine rings is 1. The van der Waals surface area contributed by atoms with E-state index in [0.717, 1.165) is 44.3 Å². The molecule has 0 aliphatic carbocycles. The molecule has 0 N–H and O–H groups in total. The van der Waals surface area contributed by atoms with E-state index in [1.807, 2.05) is 24.0 Å². The van der Waals surface area contributed by atoms with Crippen molar-refractivity contribution < 1.29 is 0 Å². The lowest BCUT2D eigenvalue weighted by atomic mass is 10.2. The summed E-state index contributed by atoms with van der Waals surface area (Å²) in [5.41, 5.74) is 1.41. The van der Waals surface area contributed by atoms with Gasteiger partial charge in [-0.3, -0.25) is 4.90 Å². The Hall–Kier alpha value is -1.52. The van der Waals surface area contributed by atoms with Crippen LogP contribution in [0.4, 0.5) is 5.82 Å². The highest BCUT2D eigenvalue weighted by Gasteiger charge is 2.17. The molecule has 0 unspecified atom stereocenters. The van der Waals surface area contributed by atoms with Crippen molar-refractivity contribution in [1.82, 2.24) is 9.88 Å². The van der Waals surface area contributed by atoms with Crippen molar-refractivity contribution in [3.05, 3.63) is 54.2 Å². The number of thioether (sulfide) groups is 1. The number of hydrogen-bond donors (Lipinski definition) is 0. The molecular weight excluding hydrogens is 290 g/mol. The standard InChI is InChI=1S/C18H23N3S/c1-2-22-17-8-6-16(7-9-17)15-20-11-13-21(14-12-20)18-5-3-4-10-19-18/h3-10H,2,11-15H2,1H3. The molecule has 0 saturated carbocycles. The first-order valence-electron chi connectivity index (χ1n) is 7.95. The van der Waals surface area contributed by atoms with E-state index < -0.39 is 0 Å². The third kappa shape index (κ3) is 4.02. The van der Waals surface area contributed by atoms with Gasteiger partial charge in [-0.05, 0) is 35.6 Å². The van der Waals surface area contributed by atoms with E-state index in [9.17, 15) is 0 Å². The monoisotopic (exact) mass is 313 g/mol. The molecule has 3 rings (SSSR count). The summed E-state index contributed by atoms with van der Waals surface area (Å²) in [5, 5.41) is 0. The van der Waals surface area contributed by atoms with E-state index in [2.05, 4.69) is 58.1 Å². The van der Waals surface area contributed by atoms with Crippen molar-refractivity contribution in [2.75, 3.05) is 36.8 Å². The van der Waals surface area contributed by atoms with Crippen LogP contribution in [-0.2, 0) is 6.54 Å². The van der Waals surface area contributed by atoms with E-state index in [1.165, 1.54) is 10.5 Å². The molecule has 2 heterocycles. The van der Waals surface area contributed by atoms with Gasteiger partial charge in [-0.15, -0.1) is 11.8 Å². The van der Waals surface area contributed by atoms with Crippen LogP contribution in [0.3, 0.4) is 0 Å². The molecular formula is C18H23N3S. The SMILES string of the molecule is CCSc1ccc(CN2CCN(c3ccccn3)CC2)cc1. The summed E-state index contributed by atoms with van der Waals surface area (Å²) in [5.74, 6) is 2.23. The highest BCUT2D eigenvalue weighted by Crippen LogP contribution is 2.19. The Balaban J connectivity index is 1.51. The van der Waals surface area contributed by atoms with Gasteiger partial charge in [-0.1, -0.05) is 25.1 Å². The Bertz CT molecular complexity index is 563. The molecule has 2 aromatic rings. The number of nitrogens with zero attached hydrogens (tertiary/aromatic N) is 3. The summed E-state index contributed by atoms with van der Waals surface area (Å²) in [7, 11) is 0. The lowest BCUT2D eigenvalue weighted by Crippen LogP contribution is -2.46. The van der Waals surface area contributed by atoms with Crippen molar-refractivity contribution in [2.24, 2.45) is 0 Å². The minimum atomic E-state index is 1.05.